The number of ether oxygens (including phenoxy) is 2. The van der Waals surface area contributed by atoms with E-state index in [1.54, 1.807) is 14.2 Å². The van der Waals surface area contributed by atoms with Gasteiger partial charge in [0.2, 0.25) is 0 Å². The molecule has 0 unspecified atom stereocenters. The predicted molar refractivity (Wildman–Crippen MR) is 106 cm³/mol. The van der Waals surface area contributed by atoms with Gasteiger partial charge in [0.15, 0.2) is 11.5 Å². The lowest BCUT2D eigenvalue weighted by Gasteiger charge is -2.46. The largest absolute Gasteiger partial charge is 0.504 e. The first-order valence-corrected chi connectivity index (χ1v) is 9.89. The van der Waals surface area contributed by atoms with Crippen LogP contribution in [0, 0.1) is 5.92 Å². The maximum Gasteiger partial charge on any atom is 0.160 e. The number of quaternary nitrogens is 1. The second-order valence-corrected chi connectivity index (χ2v) is 8.37. The summed E-state index contributed by atoms with van der Waals surface area (Å²) in [5.74, 6) is 2.56. The molecule has 0 aromatic heterocycles. The van der Waals surface area contributed by atoms with E-state index in [1.807, 2.05) is 12.1 Å². The summed E-state index contributed by atoms with van der Waals surface area (Å²) >= 11 is 0. The standard InChI is InChI=1S/C23H29NO3/c1-24(15-16-4-5-16)11-10-18-14-19(26-2)7-8-20(18)21(24)12-17-6-9-23(27-3)22(25)13-17/h6-9,13-14,16,21H,4-5,10-12,15H2,1-3H3/p+1/t21-,24+/m0/s1. The minimum atomic E-state index is 0.220. The summed E-state index contributed by atoms with van der Waals surface area (Å²) in [7, 11) is 5.73. The fourth-order valence-corrected chi connectivity index (χ4v) is 4.64. The van der Waals surface area contributed by atoms with Gasteiger partial charge >= 0.3 is 0 Å². The van der Waals surface area contributed by atoms with E-state index in [1.165, 1.54) is 30.5 Å². The lowest BCUT2D eigenvalue weighted by Crippen LogP contribution is -2.53. The number of likely N-dealkylation sites (N-methyl/N-ethyl adjacent to an activating group) is 1. The van der Waals surface area contributed by atoms with Crippen molar-refractivity contribution in [2.75, 3.05) is 34.4 Å². The lowest BCUT2D eigenvalue weighted by atomic mass is 9.86. The van der Waals surface area contributed by atoms with Crippen LogP contribution in [0.2, 0.25) is 0 Å². The molecule has 0 bridgehead atoms. The van der Waals surface area contributed by atoms with Gasteiger partial charge in [-0.15, -0.1) is 0 Å². The van der Waals surface area contributed by atoms with Crippen LogP contribution in [-0.2, 0) is 12.8 Å². The summed E-state index contributed by atoms with van der Waals surface area (Å²) in [4.78, 5) is 0. The zero-order chi connectivity index (χ0) is 19.0. The Kier molecular flexibility index (Phi) is 4.77. The average Bonchev–Trinajstić information content (AvgIpc) is 3.47. The lowest BCUT2D eigenvalue weighted by molar-refractivity contribution is -0.943. The molecule has 4 heteroatoms. The molecule has 0 amide bonds. The third-order valence-electron chi connectivity index (χ3n) is 6.40. The van der Waals surface area contributed by atoms with E-state index >= 15 is 0 Å². The molecular weight excluding hydrogens is 338 g/mol. The number of phenolic OH excluding ortho intramolecular Hbond substituents is 1. The van der Waals surface area contributed by atoms with Crippen molar-refractivity contribution < 1.29 is 19.1 Å². The minimum Gasteiger partial charge on any atom is -0.504 e. The van der Waals surface area contributed by atoms with Crippen LogP contribution in [0.25, 0.3) is 0 Å². The number of benzene rings is 2. The highest BCUT2D eigenvalue weighted by Crippen LogP contribution is 2.43. The third-order valence-corrected chi connectivity index (χ3v) is 6.40. The molecule has 2 atom stereocenters. The Bertz CT molecular complexity index is 830. The molecule has 1 aliphatic heterocycles. The molecule has 2 aromatic rings. The predicted octanol–water partition coefficient (Wildman–Crippen LogP) is 4.11. The van der Waals surface area contributed by atoms with Crippen molar-refractivity contribution >= 4 is 0 Å². The maximum absolute atomic E-state index is 10.2. The van der Waals surface area contributed by atoms with Gasteiger partial charge in [-0.25, -0.2) is 0 Å². The summed E-state index contributed by atoms with van der Waals surface area (Å²) in [6.07, 6.45) is 4.76. The van der Waals surface area contributed by atoms with Gasteiger partial charge in [0, 0.05) is 24.3 Å². The molecule has 1 saturated carbocycles. The molecule has 2 aromatic carbocycles. The van der Waals surface area contributed by atoms with Gasteiger partial charge in [-0.1, -0.05) is 6.07 Å². The van der Waals surface area contributed by atoms with Crippen LogP contribution in [-0.4, -0.2) is 43.9 Å². The van der Waals surface area contributed by atoms with Gasteiger partial charge in [-0.3, -0.25) is 0 Å². The van der Waals surface area contributed by atoms with Crippen LogP contribution in [0.15, 0.2) is 36.4 Å². The van der Waals surface area contributed by atoms with Crippen molar-refractivity contribution in [2.45, 2.75) is 31.7 Å². The van der Waals surface area contributed by atoms with Gasteiger partial charge in [0.25, 0.3) is 0 Å². The van der Waals surface area contributed by atoms with Crippen LogP contribution in [0.5, 0.6) is 17.2 Å². The first-order chi connectivity index (χ1) is 13.0. The Morgan fingerprint density at radius 3 is 2.56 bits per heavy atom. The first-order valence-electron chi connectivity index (χ1n) is 9.89. The summed E-state index contributed by atoms with van der Waals surface area (Å²) in [6, 6.07) is 12.8. The Balaban J connectivity index is 1.69. The van der Waals surface area contributed by atoms with Crippen LogP contribution in [0.3, 0.4) is 0 Å². The topological polar surface area (TPSA) is 38.7 Å². The Morgan fingerprint density at radius 2 is 1.89 bits per heavy atom. The van der Waals surface area contributed by atoms with Crippen molar-refractivity contribution in [3.05, 3.63) is 53.1 Å². The molecule has 0 radical (unpaired) electrons. The molecule has 0 spiro atoms. The number of rotatable bonds is 6. The van der Waals surface area contributed by atoms with Crippen LogP contribution in [0.1, 0.15) is 35.6 Å². The number of nitrogens with zero attached hydrogens (tertiary/aromatic N) is 1. The minimum absolute atomic E-state index is 0.220. The zero-order valence-corrected chi connectivity index (χ0v) is 16.6. The molecule has 0 saturated heterocycles. The molecule has 4 nitrogen and oxygen atoms in total. The molecular formula is C23H30NO3+. The van der Waals surface area contributed by atoms with E-state index in [9.17, 15) is 5.11 Å². The Hall–Kier alpha value is -2.20. The highest BCUT2D eigenvalue weighted by molar-refractivity contribution is 5.43. The number of methoxy groups -OCH3 is 2. The Morgan fingerprint density at radius 1 is 1.07 bits per heavy atom. The number of phenols is 1. The molecule has 4 rings (SSSR count). The fourth-order valence-electron chi connectivity index (χ4n) is 4.64. The molecule has 1 N–H and O–H groups in total. The smallest absolute Gasteiger partial charge is 0.160 e. The first kappa shape index (κ1) is 18.2. The second-order valence-electron chi connectivity index (χ2n) is 8.37. The quantitative estimate of drug-likeness (QED) is 0.780. The van der Waals surface area contributed by atoms with Crippen LogP contribution in [0.4, 0.5) is 0 Å². The van der Waals surface area contributed by atoms with Crippen molar-refractivity contribution in [2.24, 2.45) is 5.92 Å². The fraction of sp³-hybridized carbons (Fsp3) is 0.478. The molecule has 27 heavy (non-hydrogen) atoms. The number of hydrogen-bond donors (Lipinski definition) is 1. The van der Waals surface area contributed by atoms with Crippen molar-refractivity contribution in [1.29, 1.82) is 0 Å². The highest BCUT2D eigenvalue weighted by atomic mass is 16.5. The molecule has 1 heterocycles. The van der Waals surface area contributed by atoms with Gasteiger partial charge in [-0.2, -0.15) is 0 Å². The monoisotopic (exact) mass is 368 g/mol. The molecule has 1 fully saturated rings. The van der Waals surface area contributed by atoms with Gasteiger partial charge in [0.1, 0.15) is 11.8 Å². The SMILES string of the molecule is COc1ccc2c(c1)CC[N@+](C)(CC1CC1)[C@H]2Cc1ccc(OC)c(O)c1. The van der Waals surface area contributed by atoms with Gasteiger partial charge in [0.05, 0.1) is 34.4 Å². The third kappa shape index (κ3) is 3.63. The summed E-state index contributed by atoms with van der Waals surface area (Å²) in [5, 5.41) is 10.2. The highest BCUT2D eigenvalue weighted by Gasteiger charge is 2.42. The average molecular weight is 368 g/mol. The van der Waals surface area contributed by atoms with Crippen LogP contribution < -0.4 is 9.47 Å². The summed E-state index contributed by atoms with van der Waals surface area (Å²) < 4.78 is 11.7. The van der Waals surface area contributed by atoms with E-state index in [0.717, 1.165) is 41.1 Å². The van der Waals surface area contributed by atoms with Gasteiger partial charge in [-0.05, 0) is 54.3 Å². The normalized spacial score (nSPS) is 24.3. The van der Waals surface area contributed by atoms with Crippen LogP contribution >= 0.6 is 0 Å². The van der Waals surface area contributed by atoms with Crippen molar-refractivity contribution in [3.63, 3.8) is 0 Å². The second kappa shape index (κ2) is 7.08. The number of hydrogen-bond acceptors (Lipinski definition) is 3. The van der Waals surface area contributed by atoms with E-state index < -0.39 is 0 Å². The van der Waals surface area contributed by atoms with Gasteiger partial charge < -0.3 is 19.1 Å². The maximum atomic E-state index is 10.2. The van der Waals surface area contributed by atoms with E-state index in [-0.39, 0.29) is 5.75 Å². The van der Waals surface area contributed by atoms with Crippen molar-refractivity contribution in [1.82, 2.24) is 0 Å². The molecule has 1 aliphatic carbocycles. The van der Waals surface area contributed by atoms with Crippen molar-refractivity contribution in [3.8, 4) is 17.2 Å². The molecule has 144 valence electrons. The zero-order valence-electron chi connectivity index (χ0n) is 16.6. The summed E-state index contributed by atoms with van der Waals surface area (Å²) in [6.45, 7) is 2.40. The number of fused-ring (bicyclic) bond motifs is 1. The van der Waals surface area contributed by atoms with E-state index in [0.29, 0.717) is 11.8 Å². The number of aromatic hydroxyl groups is 1. The summed E-state index contributed by atoms with van der Waals surface area (Å²) in [5.41, 5.74) is 3.99. The van der Waals surface area contributed by atoms with E-state index in [2.05, 4.69) is 31.3 Å². The van der Waals surface area contributed by atoms with E-state index in [4.69, 9.17) is 9.47 Å². The molecule has 2 aliphatic rings. The Labute approximate surface area is 161 Å².